The maximum absolute atomic E-state index is 14.0. The molecule has 1 N–H and O–H groups in total. The minimum atomic E-state index is -3.97. The molecule has 0 saturated heterocycles. The number of halogens is 1. The van der Waals surface area contributed by atoms with Crippen molar-refractivity contribution in [1.29, 1.82) is 0 Å². The second kappa shape index (κ2) is 13.7. The third kappa shape index (κ3) is 7.28. The summed E-state index contributed by atoms with van der Waals surface area (Å²) in [5, 5.41) is 3.73. The fourth-order valence-corrected chi connectivity index (χ4v) is 7.72. The number of nitrogens with zero attached hydrogens (tertiary/aromatic N) is 2. The number of hydrogen-bond donors (Lipinski definition) is 1. The fourth-order valence-electron chi connectivity index (χ4n) is 5.90. The molecule has 43 heavy (non-hydrogen) atoms. The van der Waals surface area contributed by atoms with E-state index in [0.717, 1.165) is 47.5 Å². The zero-order valence-corrected chi connectivity index (χ0v) is 25.5. The highest BCUT2D eigenvalue weighted by atomic mass is 35.5. The van der Waals surface area contributed by atoms with Crippen LogP contribution < -0.4 is 5.32 Å². The molecule has 1 aliphatic carbocycles. The average molecular weight is 622 g/mol. The molecule has 1 fully saturated rings. The molecule has 3 aromatic rings. The lowest BCUT2D eigenvalue weighted by molar-refractivity contribution is -0.141. The van der Waals surface area contributed by atoms with Crippen molar-refractivity contribution in [2.75, 3.05) is 6.54 Å². The van der Waals surface area contributed by atoms with Crippen molar-refractivity contribution < 1.29 is 22.8 Å². The quantitative estimate of drug-likeness (QED) is 0.311. The van der Waals surface area contributed by atoms with Gasteiger partial charge in [-0.15, -0.1) is 0 Å². The first-order valence-electron chi connectivity index (χ1n) is 14.8. The van der Waals surface area contributed by atoms with Gasteiger partial charge >= 0.3 is 0 Å². The van der Waals surface area contributed by atoms with Crippen LogP contribution in [0.25, 0.3) is 0 Å². The number of amides is 3. The van der Waals surface area contributed by atoms with Crippen molar-refractivity contribution in [2.24, 2.45) is 0 Å². The summed E-state index contributed by atoms with van der Waals surface area (Å²) in [5.41, 5.74) is 1.83. The molecule has 0 radical (unpaired) electrons. The van der Waals surface area contributed by atoms with Crippen LogP contribution in [0, 0.1) is 0 Å². The van der Waals surface area contributed by atoms with Crippen LogP contribution in [-0.2, 0) is 32.6 Å². The highest BCUT2D eigenvalue weighted by Crippen LogP contribution is 2.30. The Kier molecular flexibility index (Phi) is 9.82. The van der Waals surface area contributed by atoms with Gasteiger partial charge < -0.3 is 10.2 Å². The van der Waals surface area contributed by atoms with Crippen LogP contribution in [0.5, 0.6) is 0 Å². The smallest absolute Gasteiger partial charge is 0.269 e. The molecular weight excluding hydrogens is 586 g/mol. The van der Waals surface area contributed by atoms with Gasteiger partial charge in [-0.2, -0.15) is 0 Å². The molecule has 226 valence electrons. The zero-order valence-electron chi connectivity index (χ0n) is 24.0. The number of carbonyl (C=O) groups excluding carboxylic acids is 3. The number of rotatable bonds is 11. The second-order valence-corrected chi connectivity index (χ2v) is 13.4. The molecule has 1 unspecified atom stereocenters. The summed E-state index contributed by atoms with van der Waals surface area (Å²) in [7, 11) is -3.97. The van der Waals surface area contributed by atoms with E-state index in [-0.39, 0.29) is 54.2 Å². The Morgan fingerprint density at radius 2 is 1.63 bits per heavy atom. The Hall–Kier alpha value is -3.69. The molecule has 0 spiro atoms. The maximum Gasteiger partial charge on any atom is 0.269 e. The van der Waals surface area contributed by atoms with Crippen molar-refractivity contribution in [3.8, 4) is 0 Å². The van der Waals surface area contributed by atoms with Gasteiger partial charge in [-0.05, 0) is 54.7 Å². The molecule has 10 heteroatoms. The molecule has 1 atom stereocenters. The number of carbonyl (C=O) groups is 3. The van der Waals surface area contributed by atoms with Crippen molar-refractivity contribution in [3.63, 3.8) is 0 Å². The van der Waals surface area contributed by atoms with Gasteiger partial charge in [0.25, 0.3) is 15.9 Å². The molecule has 1 saturated carbocycles. The van der Waals surface area contributed by atoms with Crippen LogP contribution >= 0.6 is 11.6 Å². The first-order chi connectivity index (χ1) is 20.7. The van der Waals surface area contributed by atoms with Crippen LogP contribution in [0.3, 0.4) is 0 Å². The lowest BCUT2D eigenvalue weighted by Crippen LogP contribution is -2.52. The summed E-state index contributed by atoms with van der Waals surface area (Å²) in [6, 6.07) is 22.1. The average Bonchev–Trinajstić information content (AvgIpc) is 3.20. The van der Waals surface area contributed by atoms with Crippen LogP contribution in [-0.4, -0.2) is 54.0 Å². The summed E-state index contributed by atoms with van der Waals surface area (Å²) >= 11 is 6.27. The summed E-state index contributed by atoms with van der Waals surface area (Å²) in [4.78, 5) is 42.3. The van der Waals surface area contributed by atoms with E-state index in [1.807, 2.05) is 36.4 Å². The molecule has 3 amide bonds. The first kappa shape index (κ1) is 30.8. The fraction of sp³-hybridized carbons (Fsp3) is 0.364. The summed E-state index contributed by atoms with van der Waals surface area (Å²) < 4.78 is 26.9. The van der Waals surface area contributed by atoms with E-state index in [9.17, 15) is 22.8 Å². The lowest BCUT2D eigenvalue weighted by atomic mass is 9.94. The number of sulfonamides is 1. The Morgan fingerprint density at radius 3 is 2.35 bits per heavy atom. The summed E-state index contributed by atoms with van der Waals surface area (Å²) in [6.07, 6.45) is 5.48. The molecular formula is C33H36ClN3O5S. The van der Waals surface area contributed by atoms with Gasteiger partial charge in [0.15, 0.2) is 0 Å². The standard InChI is InChI=1S/C33H36ClN3O5S/c34-26-14-9-13-25(21-26)23-36(29(22-24-11-3-1-4-12-24)32(39)35-27-15-5-2-6-16-27)31(38)19-10-20-37-33(40)28-17-7-8-18-30(28)43(37,41)42/h1,3-4,7-9,11-14,17-18,21,27,29H,2,5-6,10,15-16,19-20,22-23H2,(H,35,39). The number of nitrogens with one attached hydrogen (secondary N) is 1. The number of benzene rings is 3. The van der Waals surface area contributed by atoms with E-state index >= 15 is 0 Å². The SMILES string of the molecule is O=C(NC1CCCCC1)C(Cc1ccccc1)N(Cc1cccc(Cl)c1)C(=O)CCCN1C(=O)c2ccccc2S1(=O)=O. The third-order valence-electron chi connectivity index (χ3n) is 8.13. The zero-order chi connectivity index (χ0) is 30.4. The van der Waals surface area contributed by atoms with Gasteiger partial charge in [0.2, 0.25) is 11.8 Å². The van der Waals surface area contributed by atoms with Gasteiger partial charge in [-0.1, -0.05) is 85.5 Å². The van der Waals surface area contributed by atoms with Gasteiger partial charge in [0.05, 0.1) is 5.56 Å². The van der Waals surface area contributed by atoms with Crippen molar-refractivity contribution in [2.45, 2.75) is 74.9 Å². The van der Waals surface area contributed by atoms with Crippen LogP contribution in [0.15, 0.2) is 83.8 Å². The molecule has 2 aliphatic rings. The maximum atomic E-state index is 14.0. The monoisotopic (exact) mass is 621 g/mol. The first-order valence-corrected chi connectivity index (χ1v) is 16.6. The van der Waals surface area contributed by atoms with Crippen molar-refractivity contribution in [3.05, 3.63) is 101 Å². The summed E-state index contributed by atoms with van der Waals surface area (Å²) in [5.74, 6) is -1.10. The molecule has 1 aliphatic heterocycles. The van der Waals surface area contributed by atoms with E-state index < -0.39 is 22.0 Å². The van der Waals surface area contributed by atoms with Crippen LogP contribution in [0.1, 0.15) is 66.4 Å². The molecule has 1 heterocycles. The predicted octanol–water partition coefficient (Wildman–Crippen LogP) is 5.35. The molecule has 0 aromatic heterocycles. The minimum absolute atomic E-state index is 0.0174. The van der Waals surface area contributed by atoms with Gasteiger partial charge in [0.1, 0.15) is 10.9 Å². The number of hydrogen-bond acceptors (Lipinski definition) is 5. The van der Waals surface area contributed by atoms with E-state index in [1.165, 1.54) is 12.1 Å². The van der Waals surface area contributed by atoms with E-state index in [1.54, 1.807) is 35.2 Å². The predicted molar refractivity (Wildman–Crippen MR) is 165 cm³/mol. The van der Waals surface area contributed by atoms with Gasteiger partial charge in [0, 0.05) is 37.0 Å². The van der Waals surface area contributed by atoms with Crippen molar-refractivity contribution >= 4 is 39.3 Å². The number of fused-ring (bicyclic) bond motifs is 1. The topological polar surface area (TPSA) is 104 Å². The second-order valence-electron chi connectivity index (χ2n) is 11.2. The van der Waals surface area contributed by atoms with E-state index in [2.05, 4.69) is 5.32 Å². The third-order valence-corrected chi connectivity index (χ3v) is 10.2. The Morgan fingerprint density at radius 1 is 0.930 bits per heavy atom. The van der Waals surface area contributed by atoms with Crippen molar-refractivity contribution in [1.82, 2.24) is 14.5 Å². The normalized spacial score (nSPS) is 16.9. The Labute approximate surface area is 258 Å². The Bertz CT molecular complexity index is 1570. The van der Waals surface area contributed by atoms with Gasteiger partial charge in [-0.25, -0.2) is 12.7 Å². The lowest BCUT2D eigenvalue weighted by Gasteiger charge is -2.33. The highest BCUT2D eigenvalue weighted by molar-refractivity contribution is 7.90. The molecule has 0 bridgehead atoms. The molecule has 8 nitrogen and oxygen atoms in total. The van der Waals surface area contributed by atoms with Crippen LogP contribution in [0.4, 0.5) is 0 Å². The molecule has 3 aromatic carbocycles. The summed E-state index contributed by atoms with van der Waals surface area (Å²) in [6.45, 7) is 0.0194. The van der Waals surface area contributed by atoms with Gasteiger partial charge in [-0.3, -0.25) is 14.4 Å². The van der Waals surface area contributed by atoms with E-state index in [0.29, 0.717) is 11.4 Å². The van der Waals surface area contributed by atoms with E-state index in [4.69, 9.17) is 11.6 Å². The highest BCUT2D eigenvalue weighted by Gasteiger charge is 2.40. The largest absolute Gasteiger partial charge is 0.352 e. The minimum Gasteiger partial charge on any atom is -0.352 e. The molecule has 5 rings (SSSR count). The Balaban J connectivity index is 1.37. The van der Waals surface area contributed by atoms with Crippen LogP contribution in [0.2, 0.25) is 5.02 Å².